The molecule has 1 nitrogen and oxygen atoms in total. The number of rotatable bonds is 6. The Morgan fingerprint density at radius 1 is 1.15 bits per heavy atom. The van der Waals surface area contributed by atoms with Gasteiger partial charge in [0.1, 0.15) is 0 Å². The topological polar surface area (TPSA) is 3.24 Å². The van der Waals surface area contributed by atoms with Crippen LogP contribution in [0.5, 0.6) is 0 Å². The van der Waals surface area contributed by atoms with Gasteiger partial charge in [-0.25, -0.2) is 0 Å². The summed E-state index contributed by atoms with van der Waals surface area (Å²) in [5.74, 6) is 3.25. The molecular formula is C11H21NSe. The van der Waals surface area contributed by atoms with Crippen molar-refractivity contribution in [2.45, 2.75) is 38.9 Å². The Morgan fingerprint density at radius 3 is 2.38 bits per heavy atom. The molecule has 0 unspecified atom stereocenters. The molecule has 0 aromatic rings. The summed E-state index contributed by atoms with van der Waals surface area (Å²) in [6, 6.07) is 0. The summed E-state index contributed by atoms with van der Waals surface area (Å²) in [5.41, 5.74) is 0. The fourth-order valence-electron chi connectivity index (χ4n) is 0.910. The molecule has 0 fully saturated rings. The van der Waals surface area contributed by atoms with E-state index in [1.807, 2.05) is 0 Å². The Hall–Kier alpha value is 0.0395. The molecule has 2 heteroatoms. The SMILES string of the molecule is CCCC[Se]C#CCN(CC)CC. The maximum atomic E-state index is 3.29. The minimum atomic E-state index is 0.573. The van der Waals surface area contributed by atoms with Crippen molar-refractivity contribution >= 4 is 15.0 Å². The average molecular weight is 246 g/mol. The quantitative estimate of drug-likeness (QED) is 0.394. The van der Waals surface area contributed by atoms with Gasteiger partial charge in [0.25, 0.3) is 0 Å². The molecule has 0 atom stereocenters. The Morgan fingerprint density at radius 2 is 1.85 bits per heavy atom. The van der Waals surface area contributed by atoms with Crippen molar-refractivity contribution < 1.29 is 0 Å². The van der Waals surface area contributed by atoms with E-state index in [0.29, 0.717) is 15.0 Å². The molecule has 0 radical (unpaired) electrons. The van der Waals surface area contributed by atoms with Gasteiger partial charge in [-0.1, -0.05) is 0 Å². The van der Waals surface area contributed by atoms with Crippen LogP contribution in [0.15, 0.2) is 0 Å². The van der Waals surface area contributed by atoms with Crippen LogP contribution in [0.2, 0.25) is 5.32 Å². The van der Waals surface area contributed by atoms with Crippen molar-refractivity contribution in [2.24, 2.45) is 0 Å². The molecule has 0 aromatic carbocycles. The van der Waals surface area contributed by atoms with Crippen LogP contribution in [0.4, 0.5) is 0 Å². The number of nitrogens with zero attached hydrogens (tertiary/aromatic N) is 1. The van der Waals surface area contributed by atoms with Gasteiger partial charge in [-0.15, -0.1) is 0 Å². The predicted molar refractivity (Wildman–Crippen MR) is 61.0 cm³/mol. The zero-order valence-electron chi connectivity index (χ0n) is 9.10. The maximum absolute atomic E-state index is 3.29. The van der Waals surface area contributed by atoms with Gasteiger partial charge in [0.2, 0.25) is 0 Å². The molecule has 0 aliphatic heterocycles. The van der Waals surface area contributed by atoms with E-state index < -0.39 is 0 Å². The summed E-state index contributed by atoms with van der Waals surface area (Å²) in [7, 11) is 0. The average Bonchev–Trinajstić information content (AvgIpc) is 2.17. The van der Waals surface area contributed by atoms with Gasteiger partial charge < -0.3 is 0 Å². The van der Waals surface area contributed by atoms with Crippen molar-refractivity contribution in [2.75, 3.05) is 19.6 Å². The second-order valence-electron chi connectivity index (χ2n) is 2.94. The summed E-state index contributed by atoms with van der Waals surface area (Å²) in [5, 5.41) is 1.33. The van der Waals surface area contributed by atoms with E-state index in [4.69, 9.17) is 0 Å². The van der Waals surface area contributed by atoms with Crippen LogP contribution in [-0.2, 0) is 0 Å². The predicted octanol–water partition coefficient (Wildman–Crippen LogP) is 2.21. The Labute approximate surface area is 89.4 Å². The molecule has 0 bridgehead atoms. The van der Waals surface area contributed by atoms with Gasteiger partial charge >= 0.3 is 89.2 Å². The van der Waals surface area contributed by atoms with Gasteiger partial charge in [-0.05, 0) is 0 Å². The van der Waals surface area contributed by atoms with E-state index in [1.165, 1.54) is 18.2 Å². The Kier molecular flexibility index (Phi) is 10.2. The van der Waals surface area contributed by atoms with E-state index >= 15 is 0 Å². The van der Waals surface area contributed by atoms with Gasteiger partial charge in [0.15, 0.2) is 0 Å². The van der Waals surface area contributed by atoms with Crippen molar-refractivity contribution in [1.29, 1.82) is 0 Å². The minimum absolute atomic E-state index is 0.573. The first-order chi connectivity index (χ1) is 6.35. The molecule has 76 valence electrons. The zero-order chi connectivity index (χ0) is 9.94. The Bertz CT molecular complexity index is 153. The molecule has 0 saturated heterocycles. The van der Waals surface area contributed by atoms with Crippen LogP contribution in [0.1, 0.15) is 33.6 Å². The van der Waals surface area contributed by atoms with Gasteiger partial charge in [0.05, 0.1) is 0 Å². The monoisotopic (exact) mass is 247 g/mol. The molecule has 0 rings (SSSR count). The molecule has 13 heavy (non-hydrogen) atoms. The van der Waals surface area contributed by atoms with E-state index in [1.54, 1.807) is 0 Å². The van der Waals surface area contributed by atoms with E-state index in [0.717, 1.165) is 19.6 Å². The third-order valence-corrected chi connectivity index (χ3v) is 3.58. The van der Waals surface area contributed by atoms with Crippen LogP contribution in [0.25, 0.3) is 0 Å². The van der Waals surface area contributed by atoms with Crippen LogP contribution < -0.4 is 0 Å². The second-order valence-corrected chi connectivity index (χ2v) is 4.83. The van der Waals surface area contributed by atoms with Crippen LogP contribution in [-0.4, -0.2) is 39.5 Å². The van der Waals surface area contributed by atoms with Gasteiger partial charge in [-0.2, -0.15) is 0 Å². The van der Waals surface area contributed by atoms with Gasteiger partial charge in [-0.3, -0.25) is 0 Å². The van der Waals surface area contributed by atoms with Crippen molar-refractivity contribution in [3.05, 3.63) is 0 Å². The first-order valence-electron chi connectivity index (χ1n) is 5.17. The van der Waals surface area contributed by atoms with Gasteiger partial charge in [0, 0.05) is 0 Å². The number of hydrogen-bond acceptors (Lipinski definition) is 1. The molecular weight excluding hydrogens is 225 g/mol. The first-order valence-corrected chi connectivity index (χ1v) is 7.23. The number of hydrogen-bond donors (Lipinski definition) is 0. The molecule has 0 aliphatic carbocycles. The van der Waals surface area contributed by atoms with E-state index in [9.17, 15) is 0 Å². The third kappa shape index (κ3) is 8.37. The zero-order valence-corrected chi connectivity index (χ0v) is 10.8. The molecule has 0 aromatic heterocycles. The van der Waals surface area contributed by atoms with Crippen LogP contribution in [0.3, 0.4) is 0 Å². The molecule has 0 aliphatic rings. The normalized spacial score (nSPS) is 9.85. The molecule has 0 spiro atoms. The first kappa shape index (κ1) is 13.0. The van der Waals surface area contributed by atoms with Crippen molar-refractivity contribution in [3.63, 3.8) is 0 Å². The fraction of sp³-hybridized carbons (Fsp3) is 0.818. The van der Waals surface area contributed by atoms with E-state index in [-0.39, 0.29) is 0 Å². The third-order valence-electron chi connectivity index (χ3n) is 1.94. The summed E-state index contributed by atoms with van der Waals surface area (Å²) in [6.45, 7) is 9.81. The molecule has 0 heterocycles. The van der Waals surface area contributed by atoms with Crippen molar-refractivity contribution in [1.82, 2.24) is 4.90 Å². The van der Waals surface area contributed by atoms with Crippen LogP contribution >= 0.6 is 0 Å². The standard InChI is InChI=1S/C11H21NSe/c1-4-7-10-13-11-8-9-12(5-2)6-3/h4-7,9-10H2,1-3H3. The summed E-state index contributed by atoms with van der Waals surface area (Å²) in [6.07, 6.45) is 2.65. The molecule has 0 N–H and O–H groups in total. The number of unbranched alkanes of at least 4 members (excludes halogenated alkanes) is 1. The molecule has 0 saturated carbocycles. The summed E-state index contributed by atoms with van der Waals surface area (Å²) in [4.78, 5) is 5.64. The van der Waals surface area contributed by atoms with Crippen LogP contribution in [0, 0.1) is 10.7 Å². The van der Waals surface area contributed by atoms with E-state index in [2.05, 4.69) is 36.4 Å². The fourth-order valence-corrected chi connectivity index (χ4v) is 2.38. The Balaban J connectivity index is 3.37. The summed E-state index contributed by atoms with van der Waals surface area (Å²) < 4.78 is 0. The molecule has 0 amide bonds. The van der Waals surface area contributed by atoms with Crippen molar-refractivity contribution in [3.8, 4) is 10.7 Å². The second kappa shape index (κ2) is 10.1. The summed E-state index contributed by atoms with van der Waals surface area (Å²) >= 11 is 0.573.